The minimum atomic E-state index is -0.335. The minimum absolute atomic E-state index is 0.0799. The summed E-state index contributed by atoms with van der Waals surface area (Å²) in [6.45, 7) is 2.33. The Labute approximate surface area is 140 Å². The van der Waals surface area contributed by atoms with Gasteiger partial charge in [-0.3, -0.25) is 9.69 Å². The molecule has 3 rings (SSSR count). The van der Waals surface area contributed by atoms with Crippen molar-refractivity contribution in [2.24, 2.45) is 11.8 Å². The lowest BCUT2D eigenvalue weighted by Crippen LogP contribution is -2.58. The summed E-state index contributed by atoms with van der Waals surface area (Å²) in [4.78, 5) is 26.0. The number of nitrogens with zero attached hydrogens (tertiary/aromatic N) is 1. The molecular formula is C16H20ClN3O3. The number of rotatable bonds is 3. The van der Waals surface area contributed by atoms with Crippen LogP contribution in [0.3, 0.4) is 0 Å². The summed E-state index contributed by atoms with van der Waals surface area (Å²) in [7, 11) is 1.55. The molecule has 2 bridgehead atoms. The maximum Gasteiger partial charge on any atom is 0.324 e. The Morgan fingerprint density at radius 2 is 2.30 bits per heavy atom. The van der Waals surface area contributed by atoms with Gasteiger partial charge in [0.2, 0.25) is 5.91 Å². The van der Waals surface area contributed by atoms with Gasteiger partial charge in [0.25, 0.3) is 0 Å². The number of methoxy groups -OCH3 is 1. The van der Waals surface area contributed by atoms with E-state index >= 15 is 0 Å². The van der Waals surface area contributed by atoms with Gasteiger partial charge in [0, 0.05) is 19.6 Å². The quantitative estimate of drug-likeness (QED) is 0.879. The van der Waals surface area contributed by atoms with Gasteiger partial charge in [-0.2, -0.15) is 0 Å². The highest BCUT2D eigenvalue weighted by molar-refractivity contribution is 6.32. The molecule has 2 aliphatic rings. The van der Waals surface area contributed by atoms with Crippen LogP contribution in [0.2, 0.25) is 5.02 Å². The predicted octanol–water partition coefficient (Wildman–Crippen LogP) is 1.63. The van der Waals surface area contributed by atoms with Gasteiger partial charge in [0.1, 0.15) is 5.75 Å². The number of piperidine rings is 2. The maximum absolute atomic E-state index is 12.3. The van der Waals surface area contributed by atoms with Crippen LogP contribution in [0, 0.1) is 11.8 Å². The van der Waals surface area contributed by atoms with E-state index in [1.54, 1.807) is 19.2 Å². The normalized spacial score (nSPS) is 23.6. The number of likely N-dealkylation sites (tertiary alicyclic amines) is 1. The number of nitrogens with one attached hydrogen (secondary N) is 2. The summed E-state index contributed by atoms with van der Waals surface area (Å²) < 4.78 is 5.10. The molecule has 7 heteroatoms. The van der Waals surface area contributed by atoms with Gasteiger partial charge in [-0.25, -0.2) is 4.79 Å². The number of benzene rings is 1. The molecule has 2 atom stereocenters. The lowest BCUT2D eigenvalue weighted by atomic mass is 9.85. The summed E-state index contributed by atoms with van der Waals surface area (Å²) in [5, 5.41) is 6.54. The Balaban J connectivity index is 1.61. The van der Waals surface area contributed by atoms with Gasteiger partial charge in [-0.1, -0.05) is 17.7 Å². The average Bonchev–Trinajstić information content (AvgIpc) is 2.56. The van der Waals surface area contributed by atoms with E-state index in [4.69, 9.17) is 16.3 Å². The van der Waals surface area contributed by atoms with Gasteiger partial charge in [-0.15, -0.1) is 0 Å². The van der Waals surface area contributed by atoms with Crippen LogP contribution in [0.1, 0.15) is 12.0 Å². The van der Waals surface area contributed by atoms with Crippen LogP contribution in [0.4, 0.5) is 4.79 Å². The fraction of sp³-hybridized carbons (Fsp3) is 0.500. The third-order valence-corrected chi connectivity index (χ3v) is 4.70. The second-order valence-electron chi connectivity index (χ2n) is 6.03. The molecule has 0 radical (unpaired) electrons. The van der Waals surface area contributed by atoms with E-state index in [1.165, 1.54) is 4.90 Å². The molecule has 2 N–H and O–H groups in total. The van der Waals surface area contributed by atoms with E-state index in [2.05, 4.69) is 10.6 Å². The number of urea groups is 1. The minimum Gasteiger partial charge on any atom is -0.495 e. The smallest absolute Gasteiger partial charge is 0.324 e. The number of fused-ring (bicyclic) bond motifs is 2. The van der Waals surface area contributed by atoms with Crippen molar-refractivity contribution < 1.29 is 14.3 Å². The molecule has 1 aromatic carbocycles. The first kappa shape index (κ1) is 16.1. The lowest BCUT2D eigenvalue weighted by molar-refractivity contribution is -0.137. The highest BCUT2D eigenvalue weighted by atomic mass is 35.5. The predicted molar refractivity (Wildman–Crippen MR) is 86.4 cm³/mol. The maximum atomic E-state index is 12.3. The number of imide groups is 1. The van der Waals surface area contributed by atoms with Gasteiger partial charge in [-0.05, 0) is 36.6 Å². The monoisotopic (exact) mass is 337 g/mol. The van der Waals surface area contributed by atoms with Crippen molar-refractivity contribution in [2.75, 3.05) is 26.7 Å². The zero-order valence-corrected chi connectivity index (χ0v) is 13.7. The molecule has 0 spiro atoms. The van der Waals surface area contributed by atoms with Gasteiger partial charge >= 0.3 is 6.03 Å². The van der Waals surface area contributed by atoms with E-state index in [9.17, 15) is 9.59 Å². The number of amides is 3. The van der Waals surface area contributed by atoms with Crippen molar-refractivity contribution in [3.05, 3.63) is 28.8 Å². The number of ether oxygens (including phenoxy) is 1. The first-order chi connectivity index (χ1) is 11.1. The number of hydrogen-bond donors (Lipinski definition) is 2. The Morgan fingerprint density at radius 1 is 1.48 bits per heavy atom. The third-order valence-electron chi connectivity index (χ3n) is 4.40. The van der Waals surface area contributed by atoms with Crippen molar-refractivity contribution in [1.29, 1.82) is 0 Å². The van der Waals surface area contributed by atoms with Gasteiger partial charge < -0.3 is 15.4 Å². The van der Waals surface area contributed by atoms with Crippen LogP contribution in [0.5, 0.6) is 5.75 Å². The summed E-state index contributed by atoms with van der Waals surface area (Å²) in [5.74, 6) is 0.781. The highest BCUT2D eigenvalue weighted by Gasteiger charge is 2.39. The molecule has 23 heavy (non-hydrogen) atoms. The fourth-order valence-electron chi connectivity index (χ4n) is 3.20. The van der Waals surface area contributed by atoms with Crippen LogP contribution in [0.25, 0.3) is 0 Å². The van der Waals surface area contributed by atoms with Crippen LogP contribution in [-0.2, 0) is 11.3 Å². The fourth-order valence-corrected chi connectivity index (χ4v) is 3.48. The van der Waals surface area contributed by atoms with Crippen molar-refractivity contribution in [3.8, 4) is 5.75 Å². The van der Waals surface area contributed by atoms with Gasteiger partial charge in [0.15, 0.2) is 0 Å². The SMILES string of the molecule is COc1ccc(CNC(=O)N2CC3CNCC(C3)C2=O)cc1Cl. The third kappa shape index (κ3) is 3.43. The van der Waals surface area contributed by atoms with Crippen molar-refractivity contribution >= 4 is 23.5 Å². The Morgan fingerprint density at radius 3 is 3.04 bits per heavy atom. The summed E-state index contributed by atoms with van der Waals surface area (Å²) >= 11 is 6.07. The van der Waals surface area contributed by atoms with Crippen LogP contribution in [0.15, 0.2) is 18.2 Å². The summed E-state index contributed by atoms with van der Waals surface area (Å²) in [6, 6.07) is 5.00. The van der Waals surface area contributed by atoms with Gasteiger partial charge in [0.05, 0.1) is 18.1 Å². The zero-order valence-electron chi connectivity index (χ0n) is 13.0. The first-order valence-electron chi connectivity index (χ1n) is 7.71. The molecule has 2 fully saturated rings. The number of carbonyl (C=O) groups excluding carboxylic acids is 2. The Bertz CT molecular complexity index is 623. The summed E-state index contributed by atoms with van der Waals surface area (Å²) in [6.07, 6.45) is 0.879. The molecule has 2 unspecified atom stereocenters. The average molecular weight is 338 g/mol. The van der Waals surface area contributed by atoms with Crippen molar-refractivity contribution in [3.63, 3.8) is 0 Å². The molecule has 6 nitrogen and oxygen atoms in total. The van der Waals surface area contributed by atoms with E-state index in [1.807, 2.05) is 6.07 Å². The molecule has 3 amide bonds. The Kier molecular flexibility index (Phi) is 4.73. The molecule has 0 aliphatic carbocycles. The molecule has 1 aromatic rings. The number of halogens is 1. The van der Waals surface area contributed by atoms with Crippen LogP contribution >= 0.6 is 11.6 Å². The molecule has 0 aromatic heterocycles. The standard InChI is InChI=1S/C16H20ClN3O3/c1-23-14-3-2-10(5-13(14)17)7-19-16(22)20-9-11-4-12(15(20)21)8-18-6-11/h2-3,5,11-12,18H,4,6-9H2,1H3,(H,19,22). The lowest BCUT2D eigenvalue weighted by Gasteiger charge is -2.39. The van der Waals surface area contributed by atoms with Crippen molar-refractivity contribution in [2.45, 2.75) is 13.0 Å². The summed E-state index contributed by atoms with van der Waals surface area (Å²) in [5.41, 5.74) is 0.857. The number of carbonyl (C=O) groups is 2. The molecule has 0 saturated carbocycles. The van der Waals surface area contributed by atoms with E-state index in [-0.39, 0.29) is 17.9 Å². The van der Waals surface area contributed by atoms with E-state index in [0.29, 0.717) is 36.3 Å². The van der Waals surface area contributed by atoms with Crippen LogP contribution in [-0.4, -0.2) is 43.6 Å². The molecule has 124 valence electrons. The highest BCUT2D eigenvalue weighted by Crippen LogP contribution is 2.26. The topological polar surface area (TPSA) is 70.7 Å². The van der Waals surface area contributed by atoms with E-state index < -0.39 is 0 Å². The van der Waals surface area contributed by atoms with Crippen LogP contribution < -0.4 is 15.4 Å². The Hall–Kier alpha value is -1.79. The second kappa shape index (κ2) is 6.76. The molecular weight excluding hydrogens is 318 g/mol. The van der Waals surface area contributed by atoms with E-state index in [0.717, 1.165) is 18.5 Å². The first-order valence-corrected chi connectivity index (χ1v) is 8.08. The molecule has 2 aliphatic heterocycles. The molecule has 2 heterocycles. The van der Waals surface area contributed by atoms with Crippen molar-refractivity contribution in [1.82, 2.24) is 15.5 Å². The zero-order chi connectivity index (χ0) is 16.4. The number of hydrogen-bond acceptors (Lipinski definition) is 4. The largest absolute Gasteiger partial charge is 0.495 e. The second-order valence-corrected chi connectivity index (χ2v) is 6.44. The molecule has 2 saturated heterocycles.